The number of aryl methyl sites for hydroxylation is 1. The highest BCUT2D eigenvalue weighted by Crippen LogP contribution is 2.64. The Morgan fingerprint density at radius 2 is 1.67 bits per heavy atom. The van der Waals surface area contributed by atoms with E-state index in [1.165, 1.54) is 11.4 Å². The summed E-state index contributed by atoms with van der Waals surface area (Å²) in [7, 11) is -2.46. The second-order valence-electron chi connectivity index (χ2n) is 10.7. The number of allylic oxidation sites excluding steroid dienone is 1. The van der Waals surface area contributed by atoms with E-state index in [2.05, 4.69) is 0 Å². The number of hydrogen-bond donors (Lipinski definition) is 0. The second-order valence-corrected chi connectivity index (χ2v) is 12.7. The number of Topliss-reactive ketones (excluding diaryl/α,β-unsaturated/α-hetero) is 1. The number of nitrogens with zero attached hydrogens (tertiary/aromatic N) is 1. The first kappa shape index (κ1) is 24.0. The average molecular weight is 474 g/mol. The molecule has 0 saturated heterocycles. The third kappa shape index (κ3) is 3.82. The number of fused-ring (bicyclic) bond motifs is 1. The fourth-order valence-corrected chi connectivity index (χ4v) is 7.19. The number of carbonyl (C=O) groups is 2. The molecule has 2 saturated carbocycles. The monoisotopic (exact) mass is 473 g/mol. The molecule has 180 valence electrons. The zero-order valence-electron chi connectivity index (χ0n) is 20.3. The number of sulfonamides is 1. The van der Waals surface area contributed by atoms with E-state index in [1.54, 1.807) is 45.0 Å². The minimum Gasteiger partial charge on any atom is -0.459 e. The van der Waals surface area contributed by atoms with Crippen LogP contribution < -0.4 is 0 Å². The zero-order chi connectivity index (χ0) is 24.2. The largest absolute Gasteiger partial charge is 0.459 e. The highest BCUT2D eigenvalue weighted by atomic mass is 32.2. The Bertz CT molecular complexity index is 1090. The number of hydrogen-bond acceptors (Lipinski definition) is 5. The van der Waals surface area contributed by atoms with E-state index in [-0.39, 0.29) is 28.9 Å². The molecule has 0 amide bonds. The number of esters is 1. The first-order valence-electron chi connectivity index (χ1n) is 12.0. The van der Waals surface area contributed by atoms with Crippen LogP contribution in [-0.2, 0) is 24.3 Å². The fraction of sp³-hybridized carbons (Fsp3) is 0.615. The molecule has 1 aromatic rings. The molecule has 0 bridgehead atoms. The smallest absolute Gasteiger partial charge is 0.326 e. The summed E-state index contributed by atoms with van der Waals surface area (Å²) in [6, 6.07) is 6.67. The van der Waals surface area contributed by atoms with Gasteiger partial charge in [-0.15, -0.1) is 0 Å². The molecule has 3 aliphatic carbocycles. The van der Waals surface area contributed by atoms with E-state index < -0.39 is 27.0 Å². The summed E-state index contributed by atoms with van der Waals surface area (Å²) in [4.78, 5) is 27.1. The summed E-state index contributed by atoms with van der Waals surface area (Å²) in [5, 5.41) is 0. The summed E-state index contributed by atoms with van der Waals surface area (Å²) in [5.74, 6) is -0.894. The van der Waals surface area contributed by atoms with Gasteiger partial charge >= 0.3 is 5.97 Å². The summed E-state index contributed by atoms with van der Waals surface area (Å²) in [6.07, 6.45) is 6.09. The Labute approximate surface area is 197 Å². The van der Waals surface area contributed by atoms with Crippen molar-refractivity contribution in [2.75, 3.05) is 7.05 Å². The molecule has 2 atom stereocenters. The summed E-state index contributed by atoms with van der Waals surface area (Å²) < 4.78 is 34.3. The second kappa shape index (κ2) is 8.26. The van der Waals surface area contributed by atoms with Crippen LogP contribution >= 0.6 is 0 Å². The van der Waals surface area contributed by atoms with E-state index in [0.717, 1.165) is 43.2 Å². The van der Waals surface area contributed by atoms with Gasteiger partial charge in [0.15, 0.2) is 11.2 Å². The number of ketones is 1. The van der Waals surface area contributed by atoms with Gasteiger partial charge in [0.2, 0.25) is 0 Å². The van der Waals surface area contributed by atoms with Crippen LogP contribution in [0.25, 0.3) is 0 Å². The molecule has 1 unspecified atom stereocenters. The van der Waals surface area contributed by atoms with E-state index >= 15 is 0 Å². The molecule has 0 N–H and O–H groups in total. The standard InChI is InChI=1S/C26H35NO5S/c1-17-11-13-19(14-12-17)33(30,31)27(5)23-22(18-9-7-6-8-10-18)20-15-16-21(28)26(20,23)24(29)32-25(2,3)4/h11-14,18,20H,6-10,15-16H2,1-5H3/t20?,26-/m0/s1. The molecule has 33 heavy (non-hydrogen) atoms. The first-order chi connectivity index (χ1) is 15.4. The minimum atomic E-state index is -3.95. The van der Waals surface area contributed by atoms with Crippen molar-refractivity contribution in [1.82, 2.24) is 4.31 Å². The molecule has 0 aliphatic heterocycles. The van der Waals surface area contributed by atoms with Gasteiger partial charge in [-0.2, -0.15) is 0 Å². The molecular formula is C26H35NO5S. The van der Waals surface area contributed by atoms with Gasteiger partial charge in [-0.25, -0.2) is 8.42 Å². The Balaban J connectivity index is 1.86. The highest BCUT2D eigenvalue weighted by Gasteiger charge is 2.70. The molecule has 0 heterocycles. The van der Waals surface area contributed by atoms with Gasteiger partial charge < -0.3 is 4.74 Å². The lowest BCUT2D eigenvalue weighted by atomic mass is 9.55. The van der Waals surface area contributed by atoms with E-state index in [1.807, 2.05) is 6.92 Å². The predicted molar refractivity (Wildman–Crippen MR) is 126 cm³/mol. The van der Waals surface area contributed by atoms with Gasteiger partial charge in [0.25, 0.3) is 10.0 Å². The van der Waals surface area contributed by atoms with Gasteiger partial charge in [0, 0.05) is 19.4 Å². The van der Waals surface area contributed by atoms with Crippen molar-refractivity contribution in [2.24, 2.45) is 17.3 Å². The SMILES string of the molecule is Cc1ccc(S(=O)(=O)N(C)C2=C(C3CCCCC3)C3CCC(=O)[C@]23C(=O)OC(C)(C)C)cc1. The van der Waals surface area contributed by atoms with Crippen LogP contribution in [0.1, 0.15) is 71.3 Å². The maximum Gasteiger partial charge on any atom is 0.326 e. The van der Waals surface area contributed by atoms with Crippen LogP contribution in [0.4, 0.5) is 0 Å². The van der Waals surface area contributed by atoms with Gasteiger partial charge in [-0.05, 0) is 70.6 Å². The molecular weight excluding hydrogens is 438 g/mol. The molecule has 2 fully saturated rings. The maximum atomic E-state index is 13.7. The van der Waals surface area contributed by atoms with Gasteiger partial charge in [-0.3, -0.25) is 13.9 Å². The van der Waals surface area contributed by atoms with Crippen molar-refractivity contribution in [2.45, 2.75) is 83.1 Å². The van der Waals surface area contributed by atoms with Crippen LogP contribution in [-0.4, -0.2) is 37.1 Å². The van der Waals surface area contributed by atoms with Crippen molar-refractivity contribution in [1.29, 1.82) is 0 Å². The molecule has 0 aromatic heterocycles. The molecule has 7 heteroatoms. The Morgan fingerprint density at radius 3 is 2.24 bits per heavy atom. The van der Waals surface area contributed by atoms with Crippen molar-refractivity contribution in [3.63, 3.8) is 0 Å². The molecule has 3 aliphatic rings. The minimum absolute atomic E-state index is 0.152. The van der Waals surface area contributed by atoms with Crippen molar-refractivity contribution >= 4 is 21.8 Å². The quantitative estimate of drug-likeness (QED) is 0.454. The van der Waals surface area contributed by atoms with Crippen molar-refractivity contribution in [3.05, 3.63) is 41.1 Å². The molecule has 4 rings (SSSR count). The first-order valence-corrected chi connectivity index (χ1v) is 13.4. The van der Waals surface area contributed by atoms with Crippen LogP contribution in [0.15, 0.2) is 40.4 Å². The third-order valence-corrected chi connectivity index (χ3v) is 9.18. The molecule has 0 spiro atoms. The van der Waals surface area contributed by atoms with E-state index in [4.69, 9.17) is 4.74 Å². The van der Waals surface area contributed by atoms with Crippen LogP contribution in [0.3, 0.4) is 0 Å². The third-order valence-electron chi connectivity index (χ3n) is 7.41. The predicted octanol–water partition coefficient (Wildman–Crippen LogP) is 4.77. The topological polar surface area (TPSA) is 80.8 Å². The van der Waals surface area contributed by atoms with Gasteiger partial charge in [-0.1, -0.05) is 37.0 Å². The lowest BCUT2D eigenvalue weighted by Crippen LogP contribution is -2.58. The molecule has 1 aromatic carbocycles. The number of rotatable bonds is 5. The van der Waals surface area contributed by atoms with Crippen LogP contribution in [0.2, 0.25) is 0 Å². The van der Waals surface area contributed by atoms with E-state index in [9.17, 15) is 18.0 Å². The van der Waals surface area contributed by atoms with Crippen LogP contribution in [0, 0.1) is 24.2 Å². The van der Waals surface area contributed by atoms with Crippen molar-refractivity contribution in [3.8, 4) is 0 Å². The van der Waals surface area contributed by atoms with E-state index in [0.29, 0.717) is 12.1 Å². The number of ether oxygens (including phenoxy) is 1. The Hall–Kier alpha value is -2.15. The Morgan fingerprint density at radius 1 is 1.06 bits per heavy atom. The van der Waals surface area contributed by atoms with Crippen LogP contribution in [0.5, 0.6) is 0 Å². The number of carbonyl (C=O) groups excluding carboxylic acids is 2. The Kier molecular flexibility index (Phi) is 6.00. The lowest BCUT2D eigenvalue weighted by Gasteiger charge is -2.51. The summed E-state index contributed by atoms with van der Waals surface area (Å²) in [6.45, 7) is 7.21. The average Bonchev–Trinajstić information content (AvgIpc) is 3.00. The summed E-state index contributed by atoms with van der Waals surface area (Å²) in [5.41, 5.74) is 0.00583. The maximum absolute atomic E-state index is 13.7. The number of benzene rings is 1. The lowest BCUT2D eigenvalue weighted by molar-refractivity contribution is -0.171. The van der Waals surface area contributed by atoms with Gasteiger partial charge in [0.1, 0.15) is 5.60 Å². The van der Waals surface area contributed by atoms with Crippen molar-refractivity contribution < 1.29 is 22.7 Å². The summed E-state index contributed by atoms with van der Waals surface area (Å²) >= 11 is 0. The highest BCUT2D eigenvalue weighted by molar-refractivity contribution is 7.89. The molecule has 6 nitrogen and oxygen atoms in total. The normalized spacial score (nSPS) is 26.1. The van der Waals surface area contributed by atoms with Gasteiger partial charge in [0.05, 0.1) is 10.6 Å². The molecule has 0 radical (unpaired) electrons. The fourth-order valence-electron chi connectivity index (χ4n) is 5.91. The zero-order valence-corrected chi connectivity index (χ0v) is 21.1.